The summed E-state index contributed by atoms with van der Waals surface area (Å²) in [5.41, 5.74) is 0. The minimum Gasteiger partial charge on any atom is -0.462 e. The SMILES string of the molecule is CCCCC(CCC)OC(=O)CCC(=O)OCC(F)(F)C(F)(F)C(F)(F)C(F)F. The Labute approximate surface area is 162 Å². The predicted molar refractivity (Wildman–Crippen MR) is 85.4 cm³/mol. The molecule has 12 heteroatoms. The van der Waals surface area contributed by atoms with E-state index < -0.39 is 61.7 Å². The highest BCUT2D eigenvalue weighted by molar-refractivity contribution is 5.77. The standard InChI is InChI=1S/C17H24F8O4/c1-3-5-7-11(6-4-2)29-13(27)9-8-12(26)28-10-15(20,21)17(24,25)16(22,23)14(18)19/h11,14H,3-10H2,1-2H3. The molecule has 0 bridgehead atoms. The first-order valence-electron chi connectivity index (χ1n) is 8.99. The molecular weight excluding hydrogens is 420 g/mol. The summed E-state index contributed by atoms with van der Waals surface area (Å²) in [5.74, 6) is -21.0. The summed E-state index contributed by atoms with van der Waals surface area (Å²) in [7, 11) is 0. The van der Waals surface area contributed by atoms with Gasteiger partial charge in [0.2, 0.25) is 0 Å². The van der Waals surface area contributed by atoms with E-state index >= 15 is 0 Å². The van der Waals surface area contributed by atoms with Gasteiger partial charge in [0.1, 0.15) is 6.10 Å². The van der Waals surface area contributed by atoms with E-state index in [1.807, 2.05) is 13.8 Å². The molecule has 1 atom stereocenters. The largest absolute Gasteiger partial charge is 0.462 e. The second-order valence-corrected chi connectivity index (χ2v) is 6.41. The zero-order valence-corrected chi connectivity index (χ0v) is 16.0. The maximum absolute atomic E-state index is 13.3. The molecule has 0 amide bonds. The van der Waals surface area contributed by atoms with Crippen LogP contribution in [-0.4, -0.2) is 48.8 Å². The third-order valence-electron chi connectivity index (χ3n) is 3.89. The van der Waals surface area contributed by atoms with Crippen molar-refractivity contribution in [1.29, 1.82) is 0 Å². The number of hydrogen-bond donors (Lipinski definition) is 0. The number of carbonyl (C=O) groups is 2. The summed E-state index contributed by atoms with van der Waals surface area (Å²) in [6, 6.07) is 0. The molecule has 172 valence electrons. The van der Waals surface area contributed by atoms with Crippen molar-refractivity contribution in [2.75, 3.05) is 6.61 Å². The summed E-state index contributed by atoms with van der Waals surface area (Å²) in [6.07, 6.45) is -3.40. The molecule has 0 aromatic carbocycles. The number of alkyl halides is 8. The van der Waals surface area contributed by atoms with Crippen LogP contribution in [0.15, 0.2) is 0 Å². The summed E-state index contributed by atoms with van der Waals surface area (Å²) in [4.78, 5) is 23.0. The van der Waals surface area contributed by atoms with Gasteiger partial charge in [-0.25, -0.2) is 8.78 Å². The van der Waals surface area contributed by atoms with Crippen LogP contribution in [-0.2, 0) is 19.1 Å². The molecule has 0 radical (unpaired) electrons. The molecule has 0 aliphatic rings. The molecule has 0 aliphatic carbocycles. The zero-order valence-electron chi connectivity index (χ0n) is 16.0. The molecule has 29 heavy (non-hydrogen) atoms. The van der Waals surface area contributed by atoms with Gasteiger partial charge in [-0.05, 0) is 12.8 Å². The lowest BCUT2D eigenvalue weighted by Gasteiger charge is -2.31. The minimum absolute atomic E-state index is 0.400. The van der Waals surface area contributed by atoms with Crippen molar-refractivity contribution in [1.82, 2.24) is 0 Å². The Bertz CT molecular complexity index is 526. The van der Waals surface area contributed by atoms with Crippen LogP contribution in [0.25, 0.3) is 0 Å². The maximum atomic E-state index is 13.3. The molecule has 0 aromatic heterocycles. The van der Waals surface area contributed by atoms with Crippen molar-refractivity contribution in [3.8, 4) is 0 Å². The molecule has 0 aromatic rings. The van der Waals surface area contributed by atoms with Crippen LogP contribution >= 0.6 is 0 Å². The van der Waals surface area contributed by atoms with E-state index in [0.717, 1.165) is 19.3 Å². The molecule has 0 saturated heterocycles. The van der Waals surface area contributed by atoms with Crippen LogP contribution < -0.4 is 0 Å². The normalized spacial score (nSPS) is 14.0. The van der Waals surface area contributed by atoms with Crippen molar-refractivity contribution in [3.05, 3.63) is 0 Å². The van der Waals surface area contributed by atoms with Crippen molar-refractivity contribution >= 4 is 11.9 Å². The van der Waals surface area contributed by atoms with Gasteiger partial charge >= 0.3 is 36.1 Å². The van der Waals surface area contributed by atoms with Crippen molar-refractivity contribution in [2.24, 2.45) is 0 Å². The van der Waals surface area contributed by atoms with Gasteiger partial charge in [-0.3, -0.25) is 9.59 Å². The molecular formula is C17H24F8O4. The van der Waals surface area contributed by atoms with Crippen LogP contribution in [0.3, 0.4) is 0 Å². The lowest BCUT2D eigenvalue weighted by molar-refractivity contribution is -0.344. The molecule has 0 N–H and O–H groups in total. The number of unbranched alkanes of at least 4 members (excludes halogenated alkanes) is 1. The van der Waals surface area contributed by atoms with E-state index in [1.165, 1.54) is 0 Å². The van der Waals surface area contributed by atoms with Crippen LogP contribution in [0, 0.1) is 0 Å². The lowest BCUT2D eigenvalue weighted by atomic mass is 10.1. The quantitative estimate of drug-likeness (QED) is 0.267. The molecule has 0 heterocycles. The number of carbonyl (C=O) groups excluding carboxylic acids is 2. The van der Waals surface area contributed by atoms with Gasteiger partial charge in [-0.2, -0.15) is 26.3 Å². The monoisotopic (exact) mass is 444 g/mol. The number of rotatable bonds is 14. The third-order valence-corrected chi connectivity index (χ3v) is 3.89. The van der Waals surface area contributed by atoms with E-state index in [-0.39, 0.29) is 0 Å². The molecule has 1 unspecified atom stereocenters. The minimum atomic E-state index is -6.46. The van der Waals surface area contributed by atoms with Gasteiger partial charge in [0.05, 0.1) is 12.8 Å². The summed E-state index contributed by atoms with van der Waals surface area (Å²) in [5, 5.41) is 0. The van der Waals surface area contributed by atoms with Crippen molar-refractivity contribution < 1.29 is 54.2 Å². The van der Waals surface area contributed by atoms with Gasteiger partial charge in [0.25, 0.3) is 0 Å². The van der Waals surface area contributed by atoms with Crippen LogP contribution in [0.1, 0.15) is 58.8 Å². The van der Waals surface area contributed by atoms with E-state index in [4.69, 9.17) is 4.74 Å². The Morgan fingerprint density at radius 3 is 1.90 bits per heavy atom. The zero-order chi connectivity index (χ0) is 22.9. The fraction of sp³-hybridized carbons (Fsp3) is 0.882. The van der Waals surface area contributed by atoms with E-state index in [9.17, 15) is 44.7 Å². The van der Waals surface area contributed by atoms with Crippen LogP contribution in [0.5, 0.6) is 0 Å². The molecule has 0 fully saturated rings. The summed E-state index contributed by atoms with van der Waals surface area (Å²) < 4.78 is 111. The van der Waals surface area contributed by atoms with E-state index in [2.05, 4.69) is 4.74 Å². The number of halogens is 8. The van der Waals surface area contributed by atoms with Gasteiger partial charge < -0.3 is 9.47 Å². The van der Waals surface area contributed by atoms with Gasteiger partial charge in [-0.1, -0.05) is 33.1 Å². The highest BCUT2D eigenvalue weighted by Gasteiger charge is 2.75. The van der Waals surface area contributed by atoms with E-state index in [1.54, 1.807) is 0 Å². The smallest absolute Gasteiger partial charge is 0.381 e. The van der Waals surface area contributed by atoms with Crippen molar-refractivity contribution in [2.45, 2.75) is 89.1 Å². The molecule has 0 spiro atoms. The Morgan fingerprint density at radius 2 is 1.41 bits per heavy atom. The summed E-state index contributed by atoms with van der Waals surface area (Å²) >= 11 is 0. The van der Waals surface area contributed by atoms with Crippen molar-refractivity contribution in [3.63, 3.8) is 0 Å². The van der Waals surface area contributed by atoms with Crippen LogP contribution in [0.2, 0.25) is 0 Å². The molecule has 4 nitrogen and oxygen atoms in total. The van der Waals surface area contributed by atoms with Gasteiger partial charge in [0.15, 0.2) is 6.61 Å². The number of hydrogen-bond acceptors (Lipinski definition) is 4. The first-order chi connectivity index (χ1) is 13.2. The first kappa shape index (κ1) is 27.4. The number of ether oxygens (including phenoxy) is 2. The second-order valence-electron chi connectivity index (χ2n) is 6.41. The first-order valence-corrected chi connectivity index (χ1v) is 8.99. The van der Waals surface area contributed by atoms with E-state index in [0.29, 0.717) is 12.8 Å². The predicted octanol–water partition coefficient (Wildman–Crippen LogP) is 5.38. The molecule has 0 rings (SSSR count). The Morgan fingerprint density at radius 1 is 0.862 bits per heavy atom. The van der Waals surface area contributed by atoms with Gasteiger partial charge in [0, 0.05) is 0 Å². The average molecular weight is 444 g/mol. The fourth-order valence-electron chi connectivity index (χ4n) is 2.18. The fourth-order valence-corrected chi connectivity index (χ4v) is 2.18. The Kier molecular flexibility index (Phi) is 10.9. The lowest BCUT2D eigenvalue weighted by Crippen LogP contribution is -2.59. The number of esters is 2. The maximum Gasteiger partial charge on any atom is 0.381 e. The second kappa shape index (κ2) is 11.5. The topological polar surface area (TPSA) is 52.6 Å². The molecule has 0 saturated carbocycles. The third kappa shape index (κ3) is 7.96. The van der Waals surface area contributed by atoms with Crippen LogP contribution in [0.4, 0.5) is 35.1 Å². The summed E-state index contributed by atoms with van der Waals surface area (Å²) in [6.45, 7) is 1.24. The Balaban J connectivity index is 4.62. The highest BCUT2D eigenvalue weighted by Crippen LogP contribution is 2.48. The highest BCUT2D eigenvalue weighted by atomic mass is 19.4. The van der Waals surface area contributed by atoms with Gasteiger partial charge in [-0.15, -0.1) is 0 Å². The molecule has 0 aliphatic heterocycles. The average Bonchev–Trinajstić information content (AvgIpc) is 2.62. The Hall–Kier alpha value is -1.62.